The highest BCUT2D eigenvalue weighted by Gasteiger charge is 2.32. The third kappa shape index (κ3) is 4.55. The van der Waals surface area contributed by atoms with Crippen LogP contribution in [0.5, 0.6) is 0 Å². The monoisotopic (exact) mass is 231 g/mol. The van der Waals surface area contributed by atoms with Crippen LogP contribution in [0.15, 0.2) is 0 Å². The summed E-state index contributed by atoms with van der Waals surface area (Å²) < 4.78 is 0. The molecular formula is C10H17NO3S. The van der Waals surface area contributed by atoms with E-state index in [4.69, 9.17) is 5.11 Å². The first-order chi connectivity index (χ1) is 7.15. The van der Waals surface area contributed by atoms with Gasteiger partial charge in [0, 0.05) is 5.92 Å². The summed E-state index contributed by atoms with van der Waals surface area (Å²) in [6, 6.07) is -0.711. The normalized spacial score (nSPS) is 17.1. The topological polar surface area (TPSA) is 66.4 Å². The van der Waals surface area contributed by atoms with Crippen LogP contribution in [-0.4, -0.2) is 34.5 Å². The first-order valence-corrected chi connectivity index (χ1v) is 6.41. The molecule has 1 rings (SSSR count). The lowest BCUT2D eigenvalue weighted by Crippen LogP contribution is -2.41. The summed E-state index contributed by atoms with van der Waals surface area (Å²) in [4.78, 5) is 22.2. The summed E-state index contributed by atoms with van der Waals surface area (Å²) in [6.45, 7) is 2.03. The van der Waals surface area contributed by atoms with E-state index in [0.717, 1.165) is 24.3 Å². The number of hydrogen-bond donors (Lipinski definition) is 2. The van der Waals surface area contributed by atoms with E-state index in [0.29, 0.717) is 6.42 Å². The molecule has 15 heavy (non-hydrogen) atoms. The molecule has 86 valence electrons. The molecule has 0 aromatic carbocycles. The first kappa shape index (κ1) is 12.4. The predicted octanol–water partition coefficient (Wildman–Crippen LogP) is 1.11. The van der Waals surface area contributed by atoms with Gasteiger partial charge in [0.15, 0.2) is 0 Å². The number of rotatable bonds is 7. The van der Waals surface area contributed by atoms with E-state index in [-0.39, 0.29) is 11.8 Å². The van der Waals surface area contributed by atoms with Crippen molar-refractivity contribution in [1.82, 2.24) is 5.32 Å². The average Bonchev–Trinajstić information content (AvgIpc) is 2.99. The number of carbonyl (C=O) groups is 2. The lowest BCUT2D eigenvalue weighted by Gasteiger charge is -2.13. The van der Waals surface area contributed by atoms with Crippen molar-refractivity contribution >= 4 is 23.6 Å². The van der Waals surface area contributed by atoms with Crippen LogP contribution < -0.4 is 5.32 Å². The fourth-order valence-corrected chi connectivity index (χ4v) is 1.93. The predicted molar refractivity (Wildman–Crippen MR) is 59.9 cm³/mol. The molecule has 1 fully saturated rings. The Morgan fingerprint density at radius 2 is 2.20 bits per heavy atom. The molecule has 1 aliphatic rings. The van der Waals surface area contributed by atoms with Gasteiger partial charge in [-0.15, -0.1) is 0 Å². The lowest BCUT2D eigenvalue weighted by atomic mass is 10.2. The average molecular weight is 231 g/mol. The number of carboxylic acids is 1. The molecule has 1 atom stereocenters. The van der Waals surface area contributed by atoms with E-state index in [1.807, 2.05) is 6.92 Å². The second kappa shape index (κ2) is 6.00. The SMILES string of the molecule is CCSCCC(NC(=O)C1CC1)C(=O)O. The highest BCUT2D eigenvalue weighted by atomic mass is 32.2. The third-order valence-corrected chi connectivity index (χ3v) is 3.25. The molecule has 0 aromatic rings. The minimum absolute atomic E-state index is 0.0747. The number of nitrogens with one attached hydrogen (secondary N) is 1. The minimum Gasteiger partial charge on any atom is -0.480 e. The van der Waals surface area contributed by atoms with Crippen LogP contribution in [0.1, 0.15) is 26.2 Å². The van der Waals surface area contributed by atoms with Crippen LogP contribution in [0.2, 0.25) is 0 Å². The van der Waals surface area contributed by atoms with Crippen LogP contribution >= 0.6 is 11.8 Å². The van der Waals surface area contributed by atoms with Gasteiger partial charge >= 0.3 is 5.97 Å². The van der Waals surface area contributed by atoms with Crippen molar-refractivity contribution in [3.8, 4) is 0 Å². The van der Waals surface area contributed by atoms with Crippen molar-refractivity contribution in [3.63, 3.8) is 0 Å². The quantitative estimate of drug-likeness (QED) is 0.644. The molecule has 0 heterocycles. The molecule has 0 aromatic heterocycles. The zero-order valence-electron chi connectivity index (χ0n) is 8.86. The Kier molecular flexibility index (Phi) is 4.94. The maximum Gasteiger partial charge on any atom is 0.326 e. The van der Waals surface area contributed by atoms with Crippen molar-refractivity contribution in [2.24, 2.45) is 5.92 Å². The second-order valence-corrected chi connectivity index (χ2v) is 5.05. The molecule has 1 amide bonds. The highest BCUT2D eigenvalue weighted by molar-refractivity contribution is 7.99. The fourth-order valence-electron chi connectivity index (χ4n) is 1.24. The van der Waals surface area contributed by atoms with E-state index in [9.17, 15) is 9.59 Å². The Hall–Kier alpha value is -0.710. The summed E-state index contributed by atoms with van der Waals surface area (Å²) in [5.41, 5.74) is 0. The number of amides is 1. The molecule has 0 spiro atoms. The zero-order valence-corrected chi connectivity index (χ0v) is 9.68. The molecular weight excluding hydrogens is 214 g/mol. The Morgan fingerprint density at radius 3 is 2.67 bits per heavy atom. The summed E-state index contributed by atoms with van der Waals surface area (Å²) in [7, 11) is 0. The largest absolute Gasteiger partial charge is 0.480 e. The zero-order chi connectivity index (χ0) is 11.3. The standard InChI is InChI=1S/C10H17NO3S/c1-2-15-6-5-8(10(13)14)11-9(12)7-3-4-7/h7-8H,2-6H2,1H3,(H,11,12)(H,13,14). The van der Waals surface area contributed by atoms with Crippen LogP contribution in [0.4, 0.5) is 0 Å². The van der Waals surface area contributed by atoms with E-state index in [1.165, 1.54) is 0 Å². The smallest absolute Gasteiger partial charge is 0.326 e. The summed E-state index contributed by atoms with van der Waals surface area (Å²) in [5.74, 6) is 0.802. The van der Waals surface area contributed by atoms with Crippen molar-refractivity contribution in [3.05, 3.63) is 0 Å². The van der Waals surface area contributed by atoms with Gasteiger partial charge in [-0.1, -0.05) is 6.92 Å². The first-order valence-electron chi connectivity index (χ1n) is 5.26. The molecule has 1 aliphatic carbocycles. The summed E-state index contributed by atoms with van der Waals surface area (Å²) in [5, 5.41) is 11.5. The van der Waals surface area contributed by atoms with Gasteiger partial charge in [-0.25, -0.2) is 4.79 Å². The summed E-state index contributed by atoms with van der Waals surface area (Å²) in [6.07, 6.45) is 2.32. The Morgan fingerprint density at radius 1 is 1.53 bits per heavy atom. The van der Waals surface area contributed by atoms with Crippen LogP contribution in [-0.2, 0) is 9.59 Å². The maximum absolute atomic E-state index is 11.4. The molecule has 5 heteroatoms. The van der Waals surface area contributed by atoms with E-state index in [2.05, 4.69) is 5.32 Å². The van der Waals surface area contributed by atoms with Crippen molar-refractivity contribution < 1.29 is 14.7 Å². The number of carboxylic acid groups (broad SMARTS) is 1. The van der Waals surface area contributed by atoms with Gasteiger partial charge in [0.05, 0.1) is 0 Å². The number of hydrogen-bond acceptors (Lipinski definition) is 3. The van der Waals surface area contributed by atoms with Gasteiger partial charge in [-0.3, -0.25) is 4.79 Å². The van der Waals surface area contributed by atoms with Crippen molar-refractivity contribution in [2.75, 3.05) is 11.5 Å². The van der Waals surface area contributed by atoms with Crippen molar-refractivity contribution in [1.29, 1.82) is 0 Å². The van der Waals surface area contributed by atoms with E-state index < -0.39 is 12.0 Å². The van der Waals surface area contributed by atoms with E-state index >= 15 is 0 Å². The van der Waals surface area contributed by atoms with Crippen LogP contribution in [0.25, 0.3) is 0 Å². The molecule has 2 N–H and O–H groups in total. The number of aliphatic carboxylic acids is 1. The Bertz CT molecular complexity index is 241. The Labute approximate surface area is 93.8 Å². The van der Waals surface area contributed by atoms with E-state index in [1.54, 1.807) is 11.8 Å². The molecule has 0 saturated heterocycles. The van der Waals surface area contributed by atoms with Gasteiger partial charge in [-0.05, 0) is 30.8 Å². The van der Waals surface area contributed by atoms with Gasteiger partial charge in [0.1, 0.15) is 6.04 Å². The molecule has 1 saturated carbocycles. The van der Waals surface area contributed by atoms with Gasteiger partial charge in [0.2, 0.25) is 5.91 Å². The van der Waals surface area contributed by atoms with Gasteiger partial charge < -0.3 is 10.4 Å². The van der Waals surface area contributed by atoms with Crippen LogP contribution in [0.3, 0.4) is 0 Å². The van der Waals surface area contributed by atoms with Gasteiger partial charge in [-0.2, -0.15) is 11.8 Å². The minimum atomic E-state index is -0.930. The van der Waals surface area contributed by atoms with Crippen LogP contribution in [0, 0.1) is 5.92 Å². The molecule has 0 aliphatic heterocycles. The number of thioether (sulfide) groups is 1. The molecule has 0 bridgehead atoms. The second-order valence-electron chi connectivity index (χ2n) is 3.66. The molecule has 1 unspecified atom stereocenters. The molecule has 0 radical (unpaired) electrons. The number of carbonyl (C=O) groups excluding carboxylic acids is 1. The molecule has 4 nitrogen and oxygen atoms in total. The Balaban J connectivity index is 2.28. The van der Waals surface area contributed by atoms with Gasteiger partial charge in [0.25, 0.3) is 0 Å². The summed E-state index contributed by atoms with van der Waals surface area (Å²) >= 11 is 1.69. The van der Waals surface area contributed by atoms with Crippen molar-refractivity contribution in [2.45, 2.75) is 32.2 Å². The maximum atomic E-state index is 11.4. The third-order valence-electron chi connectivity index (χ3n) is 2.32. The lowest BCUT2D eigenvalue weighted by molar-refractivity contribution is -0.142. The highest BCUT2D eigenvalue weighted by Crippen LogP contribution is 2.29. The fraction of sp³-hybridized carbons (Fsp3) is 0.800.